The SMILES string of the molecule is CC1(C(=O)N2Cc3ccc(C(=O)NO)cc3OCC2c2ccccc2)CCOCC1. The molecule has 158 valence electrons. The van der Waals surface area contributed by atoms with Gasteiger partial charge in [-0.2, -0.15) is 0 Å². The first kappa shape index (κ1) is 20.4. The van der Waals surface area contributed by atoms with Crippen molar-refractivity contribution in [3.63, 3.8) is 0 Å². The van der Waals surface area contributed by atoms with Crippen molar-refractivity contribution in [2.75, 3.05) is 19.8 Å². The molecule has 1 unspecified atom stereocenters. The van der Waals surface area contributed by atoms with Gasteiger partial charge in [-0.15, -0.1) is 0 Å². The quantitative estimate of drug-likeness (QED) is 0.600. The van der Waals surface area contributed by atoms with Crippen molar-refractivity contribution in [1.29, 1.82) is 0 Å². The van der Waals surface area contributed by atoms with Crippen LogP contribution in [0, 0.1) is 5.41 Å². The van der Waals surface area contributed by atoms with E-state index in [1.54, 1.807) is 23.7 Å². The molecule has 1 saturated heterocycles. The Kier molecular flexibility index (Phi) is 5.74. The van der Waals surface area contributed by atoms with E-state index in [0.29, 0.717) is 43.9 Å². The molecule has 0 aromatic heterocycles. The average molecular weight is 410 g/mol. The Morgan fingerprint density at radius 1 is 1.13 bits per heavy atom. The van der Waals surface area contributed by atoms with Gasteiger partial charge in [0.1, 0.15) is 12.4 Å². The lowest BCUT2D eigenvalue weighted by Gasteiger charge is -2.39. The van der Waals surface area contributed by atoms with Crippen molar-refractivity contribution in [3.8, 4) is 5.75 Å². The molecule has 2 N–H and O–H groups in total. The van der Waals surface area contributed by atoms with E-state index >= 15 is 0 Å². The highest BCUT2D eigenvalue weighted by Crippen LogP contribution is 2.39. The molecular weight excluding hydrogens is 384 g/mol. The van der Waals surface area contributed by atoms with Gasteiger partial charge in [0.05, 0.1) is 18.0 Å². The first-order valence-electron chi connectivity index (χ1n) is 10.2. The lowest BCUT2D eigenvalue weighted by molar-refractivity contribution is -0.150. The fraction of sp³-hybridized carbons (Fsp3) is 0.391. The summed E-state index contributed by atoms with van der Waals surface area (Å²) in [6.07, 6.45) is 1.38. The van der Waals surface area contributed by atoms with Crippen LogP contribution in [-0.2, 0) is 16.1 Å². The smallest absolute Gasteiger partial charge is 0.274 e. The van der Waals surface area contributed by atoms with Crippen LogP contribution in [0.5, 0.6) is 5.75 Å². The van der Waals surface area contributed by atoms with E-state index in [1.807, 2.05) is 42.2 Å². The van der Waals surface area contributed by atoms with E-state index in [1.165, 1.54) is 0 Å². The van der Waals surface area contributed by atoms with Crippen molar-refractivity contribution in [2.45, 2.75) is 32.4 Å². The number of rotatable bonds is 3. The number of benzene rings is 2. The molecule has 2 aromatic carbocycles. The zero-order chi connectivity index (χ0) is 21.1. The summed E-state index contributed by atoms with van der Waals surface area (Å²) >= 11 is 0. The summed E-state index contributed by atoms with van der Waals surface area (Å²) in [7, 11) is 0. The number of amides is 2. The van der Waals surface area contributed by atoms with Gasteiger partial charge in [-0.3, -0.25) is 14.8 Å². The molecule has 4 rings (SSSR count). The van der Waals surface area contributed by atoms with Crippen LogP contribution in [0.15, 0.2) is 48.5 Å². The molecular formula is C23H26N2O5. The van der Waals surface area contributed by atoms with Crippen LogP contribution in [0.3, 0.4) is 0 Å². The Morgan fingerprint density at radius 2 is 1.87 bits per heavy atom. The molecule has 0 radical (unpaired) electrons. The number of hydroxylamine groups is 1. The molecule has 1 fully saturated rings. The molecule has 0 bridgehead atoms. The van der Waals surface area contributed by atoms with E-state index in [4.69, 9.17) is 14.7 Å². The molecule has 0 aliphatic carbocycles. The number of ether oxygens (including phenoxy) is 2. The summed E-state index contributed by atoms with van der Waals surface area (Å²) in [5.74, 6) is 0.0330. The number of hydrogen-bond donors (Lipinski definition) is 2. The second-order valence-corrected chi connectivity index (χ2v) is 8.11. The van der Waals surface area contributed by atoms with E-state index < -0.39 is 11.3 Å². The molecule has 2 aliphatic rings. The van der Waals surface area contributed by atoms with E-state index in [0.717, 1.165) is 11.1 Å². The van der Waals surface area contributed by atoms with Crippen LogP contribution in [-0.4, -0.2) is 41.7 Å². The minimum Gasteiger partial charge on any atom is -0.491 e. The third-order valence-corrected chi connectivity index (χ3v) is 6.10. The van der Waals surface area contributed by atoms with Crippen molar-refractivity contribution in [3.05, 3.63) is 65.2 Å². The summed E-state index contributed by atoms with van der Waals surface area (Å²) in [4.78, 5) is 27.5. The van der Waals surface area contributed by atoms with Gasteiger partial charge < -0.3 is 14.4 Å². The molecule has 30 heavy (non-hydrogen) atoms. The van der Waals surface area contributed by atoms with Crippen LogP contribution >= 0.6 is 0 Å². The second-order valence-electron chi connectivity index (χ2n) is 8.11. The summed E-state index contributed by atoms with van der Waals surface area (Å²) in [6, 6.07) is 14.6. The zero-order valence-corrected chi connectivity index (χ0v) is 17.0. The number of carbonyl (C=O) groups excluding carboxylic acids is 2. The second kappa shape index (κ2) is 8.45. The molecule has 2 heterocycles. The van der Waals surface area contributed by atoms with Gasteiger partial charge in [-0.25, -0.2) is 5.48 Å². The third kappa shape index (κ3) is 3.91. The molecule has 2 aromatic rings. The van der Waals surface area contributed by atoms with Crippen molar-refractivity contribution < 1.29 is 24.3 Å². The molecule has 7 heteroatoms. The fourth-order valence-corrected chi connectivity index (χ4v) is 4.12. The Morgan fingerprint density at radius 3 is 2.57 bits per heavy atom. The minimum atomic E-state index is -0.604. The molecule has 2 aliphatic heterocycles. The Bertz CT molecular complexity index is 924. The monoisotopic (exact) mass is 410 g/mol. The van der Waals surface area contributed by atoms with Crippen LogP contribution in [0.2, 0.25) is 0 Å². The Labute approximate surface area is 175 Å². The van der Waals surface area contributed by atoms with Gasteiger partial charge in [0.2, 0.25) is 5.91 Å². The predicted molar refractivity (Wildman–Crippen MR) is 109 cm³/mol. The average Bonchev–Trinajstić information content (AvgIpc) is 2.98. The van der Waals surface area contributed by atoms with Gasteiger partial charge in [0.25, 0.3) is 5.91 Å². The molecule has 1 atom stereocenters. The summed E-state index contributed by atoms with van der Waals surface area (Å²) in [6.45, 7) is 3.84. The highest BCUT2D eigenvalue weighted by molar-refractivity contribution is 5.94. The number of nitrogens with one attached hydrogen (secondary N) is 1. The maximum atomic E-state index is 13.8. The van der Waals surface area contributed by atoms with E-state index in [9.17, 15) is 9.59 Å². The maximum Gasteiger partial charge on any atom is 0.274 e. The fourth-order valence-electron chi connectivity index (χ4n) is 4.12. The van der Waals surface area contributed by atoms with Gasteiger partial charge >= 0.3 is 0 Å². The minimum absolute atomic E-state index is 0.0910. The first-order valence-corrected chi connectivity index (χ1v) is 10.2. The normalized spacial score (nSPS) is 20.5. The van der Waals surface area contributed by atoms with Gasteiger partial charge in [-0.05, 0) is 30.5 Å². The predicted octanol–water partition coefficient (Wildman–Crippen LogP) is 3.08. The topological polar surface area (TPSA) is 88.1 Å². The van der Waals surface area contributed by atoms with E-state index in [-0.39, 0.29) is 18.6 Å². The molecule has 7 nitrogen and oxygen atoms in total. The van der Waals surface area contributed by atoms with Crippen LogP contribution in [0.25, 0.3) is 0 Å². The zero-order valence-electron chi connectivity index (χ0n) is 17.0. The molecule has 0 saturated carbocycles. The lowest BCUT2D eigenvalue weighted by Crippen LogP contribution is -2.47. The van der Waals surface area contributed by atoms with Crippen molar-refractivity contribution in [1.82, 2.24) is 10.4 Å². The Hall–Kier alpha value is -2.90. The van der Waals surface area contributed by atoms with Gasteiger partial charge in [0.15, 0.2) is 0 Å². The molecule has 0 spiro atoms. The van der Waals surface area contributed by atoms with Crippen molar-refractivity contribution >= 4 is 11.8 Å². The largest absolute Gasteiger partial charge is 0.491 e. The third-order valence-electron chi connectivity index (χ3n) is 6.10. The number of hydrogen-bond acceptors (Lipinski definition) is 5. The van der Waals surface area contributed by atoms with Crippen molar-refractivity contribution in [2.24, 2.45) is 5.41 Å². The highest BCUT2D eigenvalue weighted by Gasteiger charge is 2.42. The summed E-state index contributed by atoms with van der Waals surface area (Å²) in [5.41, 5.74) is 3.29. The van der Waals surface area contributed by atoms with Crippen LogP contribution in [0.4, 0.5) is 0 Å². The summed E-state index contributed by atoms with van der Waals surface area (Å²) in [5, 5.41) is 8.92. The Balaban J connectivity index is 1.71. The number of nitrogens with zero attached hydrogens (tertiary/aromatic N) is 1. The van der Waals surface area contributed by atoms with Gasteiger partial charge in [-0.1, -0.05) is 43.3 Å². The lowest BCUT2D eigenvalue weighted by atomic mass is 9.80. The van der Waals surface area contributed by atoms with Crippen LogP contribution < -0.4 is 10.2 Å². The maximum absolute atomic E-state index is 13.8. The number of carbonyl (C=O) groups is 2. The standard InChI is InChI=1S/C23H26N2O5/c1-23(9-11-29-12-10-23)22(27)25-14-18-8-7-17(21(26)24-28)13-20(18)30-15-19(25)16-5-3-2-4-6-16/h2-8,13,19,28H,9-12,14-15H2,1H3,(H,24,26). The highest BCUT2D eigenvalue weighted by atomic mass is 16.5. The molecule has 2 amide bonds. The van der Waals surface area contributed by atoms with Crippen LogP contribution in [0.1, 0.15) is 47.3 Å². The number of fused-ring (bicyclic) bond motifs is 1. The first-order chi connectivity index (χ1) is 14.5. The van der Waals surface area contributed by atoms with Gasteiger partial charge in [0, 0.05) is 24.3 Å². The summed E-state index contributed by atoms with van der Waals surface area (Å²) < 4.78 is 11.6. The van der Waals surface area contributed by atoms with E-state index in [2.05, 4.69) is 0 Å².